The molecule has 2 N–H and O–H groups in total. The molecular formula is C13H28N2O2. The van der Waals surface area contributed by atoms with E-state index in [1.54, 1.807) is 7.11 Å². The largest absolute Gasteiger partial charge is 0.389 e. The van der Waals surface area contributed by atoms with Crippen LogP contribution >= 0.6 is 0 Å². The van der Waals surface area contributed by atoms with Crippen LogP contribution in [0.15, 0.2) is 0 Å². The number of nitrogens with one attached hydrogen (secondary N) is 1. The van der Waals surface area contributed by atoms with Crippen molar-refractivity contribution in [3.63, 3.8) is 0 Å². The van der Waals surface area contributed by atoms with Crippen LogP contribution in [0.1, 0.15) is 32.6 Å². The number of aliphatic hydroxyl groups is 1. The third-order valence-corrected chi connectivity index (χ3v) is 3.36. The van der Waals surface area contributed by atoms with Gasteiger partial charge >= 0.3 is 0 Å². The molecule has 1 aliphatic heterocycles. The van der Waals surface area contributed by atoms with Crippen LogP contribution in [-0.2, 0) is 4.74 Å². The van der Waals surface area contributed by atoms with Crippen LogP contribution in [0, 0.1) is 0 Å². The first-order valence-electron chi connectivity index (χ1n) is 6.89. The molecule has 0 aromatic heterocycles. The van der Waals surface area contributed by atoms with Gasteiger partial charge in [0, 0.05) is 19.7 Å². The molecule has 0 aromatic carbocycles. The zero-order valence-corrected chi connectivity index (χ0v) is 11.3. The van der Waals surface area contributed by atoms with E-state index in [9.17, 15) is 5.11 Å². The van der Waals surface area contributed by atoms with Crippen molar-refractivity contribution in [1.29, 1.82) is 0 Å². The van der Waals surface area contributed by atoms with Gasteiger partial charge in [0.15, 0.2) is 0 Å². The Balaban J connectivity index is 2.17. The number of likely N-dealkylation sites (tertiary alicyclic amines) is 1. The molecule has 0 spiro atoms. The van der Waals surface area contributed by atoms with Crippen LogP contribution in [0.3, 0.4) is 0 Å². The van der Waals surface area contributed by atoms with Gasteiger partial charge in [-0.1, -0.05) is 6.92 Å². The fourth-order valence-electron chi connectivity index (χ4n) is 2.45. The molecule has 102 valence electrons. The van der Waals surface area contributed by atoms with Gasteiger partial charge in [-0.15, -0.1) is 0 Å². The van der Waals surface area contributed by atoms with Crippen LogP contribution in [0.4, 0.5) is 0 Å². The zero-order valence-electron chi connectivity index (χ0n) is 11.3. The quantitative estimate of drug-likeness (QED) is 0.697. The second-order valence-corrected chi connectivity index (χ2v) is 4.99. The first-order chi connectivity index (χ1) is 8.26. The van der Waals surface area contributed by atoms with E-state index in [1.165, 1.54) is 45.3 Å². The summed E-state index contributed by atoms with van der Waals surface area (Å²) in [5, 5.41) is 13.0. The maximum absolute atomic E-state index is 9.59. The minimum atomic E-state index is -0.380. The molecule has 1 saturated heterocycles. The maximum Gasteiger partial charge on any atom is 0.0897 e. The summed E-state index contributed by atoms with van der Waals surface area (Å²) < 4.78 is 4.92. The van der Waals surface area contributed by atoms with Crippen molar-refractivity contribution in [2.45, 2.75) is 44.8 Å². The van der Waals surface area contributed by atoms with E-state index in [0.29, 0.717) is 19.2 Å². The maximum atomic E-state index is 9.59. The Morgan fingerprint density at radius 3 is 2.94 bits per heavy atom. The summed E-state index contributed by atoms with van der Waals surface area (Å²) >= 11 is 0. The summed E-state index contributed by atoms with van der Waals surface area (Å²) in [5.41, 5.74) is 0. The van der Waals surface area contributed by atoms with Crippen molar-refractivity contribution < 1.29 is 9.84 Å². The molecule has 4 heteroatoms. The van der Waals surface area contributed by atoms with Crippen molar-refractivity contribution in [2.24, 2.45) is 0 Å². The van der Waals surface area contributed by atoms with Crippen LogP contribution in [-0.4, -0.2) is 62.0 Å². The lowest BCUT2D eigenvalue weighted by atomic mass is 10.1. The number of methoxy groups -OCH3 is 1. The zero-order chi connectivity index (χ0) is 12.5. The van der Waals surface area contributed by atoms with E-state index in [4.69, 9.17) is 4.74 Å². The fourth-order valence-corrected chi connectivity index (χ4v) is 2.45. The van der Waals surface area contributed by atoms with Gasteiger partial charge in [0.1, 0.15) is 0 Å². The second kappa shape index (κ2) is 8.86. The Bertz CT molecular complexity index is 190. The summed E-state index contributed by atoms with van der Waals surface area (Å²) in [7, 11) is 1.62. The molecule has 0 aliphatic carbocycles. The highest BCUT2D eigenvalue weighted by Crippen LogP contribution is 2.11. The SMILES string of the molecule is CCCN1CCCC(NCC(O)COC)CC1. The molecule has 17 heavy (non-hydrogen) atoms. The number of hydrogen-bond acceptors (Lipinski definition) is 4. The molecule has 2 unspecified atom stereocenters. The first kappa shape index (κ1) is 14.9. The molecule has 0 bridgehead atoms. The van der Waals surface area contributed by atoms with E-state index in [-0.39, 0.29) is 6.10 Å². The Labute approximate surface area is 105 Å². The van der Waals surface area contributed by atoms with Gasteiger partial charge in [0.2, 0.25) is 0 Å². The number of hydrogen-bond donors (Lipinski definition) is 2. The van der Waals surface area contributed by atoms with Gasteiger partial charge in [0.05, 0.1) is 12.7 Å². The van der Waals surface area contributed by atoms with E-state index >= 15 is 0 Å². The van der Waals surface area contributed by atoms with Gasteiger partial charge in [-0.05, 0) is 45.3 Å². The predicted molar refractivity (Wildman–Crippen MR) is 70.3 cm³/mol. The summed E-state index contributed by atoms with van der Waals surface area (Å²) in [4.78, 5) is 2.55. The highest BCUT2D eigenvalue weighted by molar-refractivity contribution is 4.75. The monoisotopic (exact) mass is 244 g/mol. The molecule has 0 radical (unpaired) electrons. The number of rotatable bonds is 7. The van der Waals surface area contributed by atoms with E-state index in [0.717, 1.165) is 0 Å². The minimum absolute atomic E-state index is 0.380. The molecule has 2 atom stereocenters. The van der Waals surface area contributed by atoms with E-state index in [1.807, 2.05) is 0 Å². The van der Waals surface area contributed by atoms with Crippen molar-refractivity contribution in [3.8, 4) is 0 Å². The molecule has 1 aliphatic rings. The predicted octanol–water partition coefficient (Wildman–Crippen LogP) is 0.848. The molecule has 4 nitrogen and oxygen atoms in total. The number of nitrogens with zero attached hydrogens (tertiary/aromatic N) is 1. The Morgan fingerprint density at radius 1 is 1.41 bits per heavy atom. The van der Waals surface area contributed by atoms with Crippen molar-refractivity contribution in [1.82, 2.24) is 10.2 Å². The Hall–Kier alpha value is -0.160. The molecule has 1 fully saturated rings. The van der Waals surface area contributed by atoms with Gasteiger partial charge in [-0.2, -0.15) is 0 Å². The Morgan fingerprint density at radius 2 is 2.24 bits per heavy atom. The number of aliphatic hydroxyl groups excluding tert-OH is 1. The summed E-state index contributed by atoms with van der Waals surface area (Å²) in [5.74, 6) is 0. The molecule has 0 amide bonds. The summed E-state index contributed by atoms with van der Waals surface area (Å²) in [6.45, 7) is 6.94. The van der Waals surface area contributed by atoms with Gasteiger partial charge < -0.3 is 20.1 Å². The molecule has 0 saturated carbocycles. The standard InChI is InChI=1S/C13H28N2O2/c1-3-7-15-8-4-5-12(6-9-15)14-10-13(16)11-17-2/h12-14,16H,3-11H2,1-2H3. The van der Waals surface area contributed by atoms with Crippen LogP contribution < -0.4 is 5.32 Å². The third-order valence-electron chi connectivity index (χ3n) is 3.36. The third kappa shape index (κ3) is 6.36. The fraction of sp³-hybridized carbons (Fsp3) is 1.00. The number of ether oxygens (including phenoxy) is 1. The summed E-state index contributed by atoms with van der Waals surface area (Å²) in [6, 6.07) is 0.559. The van der Waals surface area contributed by atoms with Crippen molar-refractivity contribution in [3.05, 3.63) is 0 Å². The van der Waals surface area contributed by atoms with Crippen LogP contribution in [0.2, 0.25) is 0 Å². The minimum Gasteiger partial charge on any atom is -0.389 e. The Kier molecular flexibility index (Phi) is 7.77. The lowest BCUT2D eigenvalue weighted by molar-refractivity contribution is 0.0623. The second-order valence-electron chi connectivity index (χ2n) is 4.99. The van der Waals surface area contributed by atoms with Crippen molar-refractivity contribution in [2.75, 3.05) is 39.9 Å². The highest BCUT2D eigenvalue weighted by atomic mass is 16.5. The van der Waals surface area contributed by atoms with Gasteiger partial charge in [0.25, 0.3) is 0 Å². The average molecular weight is 244 g/mol. The first-order valence-corrected chi connectivity index (χ1v) is 6.89. The van der Waals surface area contributed by atoms with Crippen molar-refractivity contribution >= 4 is 0 Å². The smallest absolute Gasteiger partial charge is 0.0897 e. The van der Waals surface area contributed by atoms with Gasteiger partial charge in [-0.3, -0.25) is 0 Å². The topological polar surface area (TPSA) is 44.7 Å². The lowest BCUT2D eigenvalue weighted by Gasteiger charge is -2.20. The van der Waals surface area contributed by atoms with Crippen LogP contribution in [0.5, 0.6) is 0 Å². The molecule has 1 rings (SSSR count). The normalized spacial score (nSPS) is 24.5. The average Bonchev–Trinajstić information content (AvgIpc) is 2.53. The van der Waals surface area contributed by atoms with Crippen LogP contribution in [0.25, 0.3) is 0 Å². The van der Waals surface area contributed by atoms with E-state index < -0.39 is 0 Å². The highest BCUT2D eigenvalue weighted by Gasteiger charge is 2.16. The molecular weight excluding hydrogens is 216 g/mol. The van der Waals surface area contributed by atoms with E-state index in [2.05, 4.69) is 17.1 Å². The lowest BCUT2D eigenvalue weighted by Crippen LogP contribution is -2.38. The van der Waals surface area contributed by atoms with Gasteiger partial charge in [-0.25, -0.2) is 0 Å². The molecule has 0 aromatic rings. The summed E-state index contributed by atoms with van der Waals surface area (Å²) in [6.07, 6.45) is 4.54. The molecule has 1 heterocycles.